The number of anilines is 3. The fourth-order valence-electron chi connectivity index (χ4n) is 2.69. The number of nitrogens with one attached hydrogen (secondary N) is 2. The van der Waals surface area contributed by atoms with Crippen molar-refractivity contribution in [2.45, 2.75) is 38.3 Å². The minimum atomic E-state index is 0.0402. The van der Waals surface area contributed by atoms with Crippen molar-refractivity contribution in [1.29, 1.82) is 0 Å². The van der Waals surface area contributed by atoms with Crippen molar-refractivity contribution in [1.82, 2.24) is 4.90 Å². The third-order valence-corrected chi connectivity index (χ3v) is 4.31. The van der Waals surface area contributed by atoms with Crippen molar-refractivity contribution >= 4 is 23.0 Å². The number of rotatable bonds is 5. The van der Waals surface area contributed by atoms with E-state index in [1.54, 1.807) is 0 Å². The lowest BCUT2D eigenvalue weighted by Gasteiger charge is -2.25. The van der Waals surface area contributed by atoms with Gasteiger partial charge in [-0.3, -0.25) is 9.69 Å². The van der Waals surface area contributed by atoms with Crippen LogP contribution < -0.4 is 16.4 Å². The van der Waals surface area contributed by atoms with Crippen LogP contribution in [0, 0.1) is 0 Å². The molecule has 1 fully saturated rings. The molecule has 3 rings (SSSR count). The van der Waals surface area contributed by atoms with E-state index in [2.05, 4.69) is 29.5 Å². The molecule has 1 aromatic rings. The van der Waals surface area contributed by atoms with Gasteiger partial charge < -0.3 is 16.4 Å². The predicted octanol–water partition coefficient (Wildman–Crippen LogP) is 1.66. The topological polar surface area (TPSA) is 70.4 Å². The molecule has 1 amide bonds. The van der Waals surface area contributed by atoms with Gasteiger partial charge in [0, 0.05) is 24.3 Å². The van der Waals surface area contributed by atoms with E-state index in [4.69, 9.17) is 5.73 Å². The summed E-state index contributed by atoms with van der Waals surface area (Å²) in [7, 11) is 2.18. The Bertz CT molecular complexity index is 539. The molecule has 1 heterocycles. The van der Waals surface area contributed by atoms with Crippen LogP contribution in [0.15, 0.2) is 12.1 Å². The number of carbonyl (C=O) groups is 1. The highest BCUT2D eigenvalue weighted by Crippen LogP contribution is 2.32. The molecular formula is C15H22N4O. The summed E-state index contributed by atoms with van der Waals surface area (Å²) in [5.41, 5.74) is 9.54. The summed E-state index contributed by atoms with van der Waals surface area (Å²) < 4.78 is 0. The van der Waals surface area contributed by atoms with E-state index in [1.807, 2.05) is 12.1 Å². The highest BCUT2D eigenvalue weighted by atomic mass is 16.1. The van der Waals surface area contributed by atoms with Crippen molar-refractivity contribution in [3.05, 3.63) is 17.7 Å². The van der Waals surface area contributed by atoms with Crippen molar-refractivity contribution in [2.75, 3.05) is 30.0 Å². The SMILES string of the molecule is CC(CNc1cc2c(cc1N)CC(=O)N2)N(C)C1CC1. The maximum atomic E-state index is 11.4. The molecule has 1 aromatic carbocycles. The van der Waals surface area contributed by atoms with E-state index >= 15 is 0 Å². The van der Waals surface area contributed by atoms with Gasteiger partial charge in [0.25, 0.3) is 0 Å². The molecule has 5 heteroatoms. The van der Waals surface area contributed by atoms with Crippen LogP contribution in [-0.2, 0) is 11.2 Å². The number of fused-ring (bicyclic) bond motifs is 1. The monoisotopic (exact) mass is 274 g/mol. The van der Waals surface area contributed by atoms with Crippen LogP contribution in [0.25, 0.3) is 0 Å². The second kappa shape index (κ2) is 4.98. The first-order chi connectivity index (χ1) is 9.54. The maximum Gasteiger partial charge on any atom is 0.228 e. The van der Waals surface area contributed by atoms with E-state index < -0.39 is 0 Å². The van der Waals surface area contributed by atoms with Crippen LogP contribution in [0.3, 0.4) is 0 Å². The number of hydrogen-bond acceptors (Lipinski definition) is 4. The van der Waals surface area contributed by atoms with Crippen molar-refractivity contribution in [3.63, 3.8) is 0 Å². The van der Waals surface area contributed by atoms with Gasteiger partial charge >= 0.3 is 0 Å². The number of nitrogen functional groups attached to an aromatic ring is 1. The Morgan fingerprint density at radius 2 is 2.25 bits per heavy atom. The van der Waals surface area contributed by atoms with Crippen LogP contribution >= 0.6 is 0 Å². The van der Waals surface area contributed by atoms with Crippen LogP contribution in [-0.4, -0.2) is 36.5 Å². The van der Waals surface area contributed by atoms with Crippen LogP contribution in [0.1, 0.15) is 25.3 Å². The number of nitrogens with two attached hydrogens (primary N) is 1. The molecule has 0 spiro atoms. The lowest BCUT2D eigenvalue weighted by atomic mass is 10.1. The lowest BCUT2D eigenvalue weighted by molar-refractivity contribution is -0.115. The van der Waals surface area contributed by atoms with E-state index in [1.165, 1.54) is 12.8 Å². The third-order valence-electron chi connectivity index (χ3n) is 4.31. The molecule has 0 aromatic heterocycles. The maximum absolute atomic E-state index is 11.4. The summed E-state index contributed by atoms with van der Waals surface area (Å²) in [5.74, 6) is 0.0402. The first kappa shape index (κ1) is 13.2. The summed E-state index contributed by atoms with van der Waals surface area (Å²) in [6.07, 6.45) is 3.06. The van der Waals surface area contributed by atoms with Gasteiger partial charge in [-0.1, -0.05) is 0 Å². The second-order valence-corrected chi connectivity index (χ2v) is 5.95. The summed E-state index contributed by atoms with van der Waals surface area (Å²) in [4.78, 5) is 13.8. The van der Waals surface area contributed by atoms with Crippen molar-refractivity contribution in [2.24, 2.45) is 0 Å². The minimum Gasteiger partial charge on any atom is -0.397 e. The molecule has 1 aliphatic heterocycles. The third kappa shape index (κ3) is 2.58. The highest BCUT2D eigenvalue weighted by molar-refractivity contribution is 6.00. The normalized spacial score (nSPS) is 18.9. The van der Waals surface area contributed by atoms with E-state index in [0.29, 0.717) is 18.2 Å². The zero-order valence-corrected chi connectivity index (χ0v) is 12.1. The zero-order valence-electron chi connectivity index (χ0n) is 12.1. The molecule has 4 N–H and O–H groups in total. The average Bonchev–Trinajstić information content (AvgIpc) is 3.18. The number of hydrogen-bond donors (Lipinski definition) is 3. The molecule has 1 aliphatic carbocycles. The molecule has 1 unspecified atom stereocenters. The minimum absolute atomic E-state index is 0.0402. The highest BCUT2D eigenvalue weighted by Gasteiger charge is 2.29. The Morgan fingerprint density at radius 1 is 1.50 bits per heavy atom. The van der Waals surface area contributed by atoms with Gasteiger partial charge in [0.05, 0.1) is 17.8 Å². The van der Waals surface area contributed by atoms with Crippen LogP contribution in [0.4, 0.5) is 17.1 Å². The summed E-state index contributed by atoms with van der Waals surface area (Å²) in [6, 6.07) is 5.05. The van der Waals surface area contributed by atoms with Gasteiger partial charge in [0.2, 0.25) is 5.91 Å². The van der Waals surface area contributed by atoms with Crippen molar-refractivity contribution in [3.8, 4) is 0 Å². The zero-order chi connectivity index (χ0) is 14.3. The number of nitrogens with zero attached hydrogens (tertiary/aromatic N) is 1. The van der Waals surface area contributed by atoms with Crippen LogP contribution in [0.5, 0.6) is 0 Å². The molecule has 20 heavy (non-hydrogen) atoms. The predicted molar refractivity (Wildman–Crippen MR) is 81.9 cm³/mol. The smallest absolute Gasteiger partial charge is 0.228 e. The Morgan fingerprint density at radius 3 is 2.95 bits per heavy atom. The van der Waals surface area contributed by atoms with Gasteiger partial charge in [-0.15, -0.1) is 0 Å². The van der Waals surface area contributed by atoms with E-state index in [0.717, 1.165) is 29.5 Å². The van der Waals surface area contributed by atoms with Crippen molar-refractivity contribution < 1.29 is 4.79 Å². The lowest BCUT2D eigenvalue weighted by Crippen LogP contribution is -2.36. The molecule has 0 bridgehead atoms. The van der Waals surface area contributed by atoms with Gasteiger partial charge in [-0.2, -0.15) is 0 Å². The van der Waals surface area contributed by atoms with Crippen LogP contribution in [0.2, 0.25) is 0 Å². The molecule has 0 saturated heterocycles. The fourth-order valence-corrected chi connectivity index (χ4v) is 2.69. The Labute approximate surface area is 119 Å². The Kier molecular flexibility index (Phi) is 3.30. The van der Waals surface area contributed by atoms with E-state index in [9.17, 15) is 4.79 Å². The fraction of sp³-hybridized carbons (Fsp3) is 0.533. The molecule has 5 nitrogen and oxygen atoms in total. The number of likely N-dealkylation sites (N-methyl/N-ethyl adjacent to an activating group) is 1. The first-order valence-corrected chi connectivity index (χ1v) is 7.22. The van der Waals surface area contributed by atoms with Gasteiger partial charge in [0.15, 0.2) is 0 Å². The molecule has 108 valence electrons. The second-order valence-electron chi connectivity index (χ2n) is 5.95. The average molecular weight is 274 g/mol. The number of benzene rings is 1. The number of amides is 1. The molecular weight excluding hydrogens is 252 g/mol. The number of carbonyl (C=O) groups excluding carboxylic acids is 1. The quantitative estimate of drug-likeness (QED) is 0.714. The van der Waals surface area contributed by atoms with Gasteiger partial charge in [-0.25, -0.2) is 0 Å². The molecule has 1 saturated carbocycles. The summed E-state index contributed by atoms with van der Waals surface area (Å²) in [5, 5.41) is 6.26. The Balaban J connectivity index is 1.65. The summed E-state index contributed by atoms with van der Waals surface area (Å²) >= 11 is 0. The largest absolute Gasteiger partial charge is 0.397 e. The first-order valence-electron chi connectivity index (χ1n) is 7.22. The molecule has 0 radical (unpaired) electrons. The standard InChI is InChI=1S/C15H22N4O/c1-9(19(2)11-3-4-11)8-17-14-7-13-10(5-12(14)16)6-15(20)18-13/h5,7,9,11,17H,3-4,6,8,16H2,1-2H3,(H,18,20). The Hall–Kier alpha value is -1.75. The van der Waals surface area contributed by atoms with Gasteiger partial charge in [-0.05, 0) is 44.5 Å². The van der Waals surface area contributed by atoms with Gasteiger partial charge in [0.1, 0.15) is 0 Å². The summed E-state index contributed by atoms with van der Waals surface area (Å²) in [6.45, 7) is 3.07. The van der Waals surface area contributed by atoms with E-state index in [-0.39, 0.29) is 5.91 Å². The molecule has 2 aliphatic rings. The molecule has 1 atom stereocenters.